The molecule has 1 saturated heterocycles. The lowest BCUT2D eigenvalue weighted by Crippen LogP contribution is -2.74. The monoisotopic (exact) mass is 492 g/mol. The summed E-state index contributed by atoms with van der Waals surface area (Å²) in [6.07, 6.45) is -16.8. The van der Waals surface area contributed by atoms with Crippen LogP contribution in [0.25, 0.3) is 0 Å². The molecule has 1 aliphatic heterocycles. The van der Waals surface area contributed by atoms with Crippen molar-refractivity contribution in [1.82, 2.24) is 0 Å². The highest BCUT2D eigenvalue weighted by atomic mass is 19.4. The van der Waals surface area contributed by atoms with Gasteiger partial charge in [-0.25, -0.2) is 0 Å². The standard InChI is InChI=1S/C11H5F17O2/c12-4(13,6(16,17)8(20,21)10(24,25)26)5(14,15)7(18,19)9(22,23)11(27,28)30-3-1-29-2-3/h3H,1-2H2. The smallest absolute Gasteiger partial charge is 0.376 e. The number of ether oxygens (including phenoxy) is 2. The molecule has 0 aromatic rings. The Kier molecular flexibility index (Phi) is 6.12. The minimum atomic E-state index is -8.64. The van der Waals surface area contributed by atoms with Gasteiger partial charge in [0.15, 0.2) is 0 Å². The molecule has 1 aliphatic rings. The minimum Gasteiger partial charge on any atom is -0.376 e. The van der Waals surface area contributed by atoms with Crippen molar-refractivity contribution >= 4 is 0 Å². The Hall–Kier alpha value is -1.27. The first-order valence-corrected chi connectivity index (χ1v) is 6.80. The number of hydrogen-bond acceptors (Lipinski definition) is 2. The van der Waals surface area contributed by atoms with E-state index in [0.29, 0.717) is 0 Å². The molecule has 30 heavy (non-hydrogen) atoms. The van der Waals surface area contributed by atoms with Gasteiger partial charge in [-0.15, -0.1) is 0 Å². The van der Waals surface area contributed by atoms with E-state index in [0.717, 1.165) is 0 Å². The molecule has 19 heteroatoms. The highest BCUT2D eigenvalue weighted by molar-refractivity contribution is 5.14. The van der Waals surface area contributed by atoms with Crippen molar-refractivity contribution in [2.24, 2.45) is 0 Å². The lowest BCUT2D eigenvalue weighted by atomic mass is 9.90. The summed E-state index contributed by atoms with van der Waals surface area (Å²) < 4.78 is 226. The molecule has 0 aromatic heterocycles. The summed E-state index contributed by atoms with van der Waals surface area (Å²) in [6.45, 7) is -2.03. The fourth-order valence-corrected chi connectivity index (χ4v) is 1.71. The zero-order valence-corrected chi connectivity index (χ0v) is 13.2. The first kappa shape index (κ1) is 26.8. The molecule has 0 bridgehead atoms. The molecule has 1 fully saturated rings. The molecule has 0 amide bonds. The molecular weight excluding hydrogens is 487 g/mol. The van der Waals surface area contributed by atoms with Crippen molar-refractivity contribution in [3.05, 3.63) is 0 Å². The summed E-state index contributed by atoms with van der Waals surface area (Å²) in [5.74, 6) is -50.1. The molecule has 0 aliphatic carbocycles. The normalized spacial score (nSPS) is 19.1. The van der Waals surface area contributed by atoms with Crippen LogP contribution in [-0.4, -0.2) is 67.1 Å². The third-order valence-corrected chi connectivity index (χ3v) is 3.62. The zero-order valence-electron chi connectivity index (χ0n) is 13.2. The van der Waals surface area contributed by atoms with E-state index < -0.39 is 67.1 Å². The molecule has 0 N–H and O–H groups in total. The van der Waals surface area contributed by atoms with Crippen LogP contribution in [0.15, 0.2) is 0 Å². The van der Waals surface area contributed by atoms with Crippen LogP contribution >= 0.6 is 0 Å². The molecule has 0 atom stereocenters. The summed E-state index contributed by atoms with van der Waals surface area (Å²) in [5.41, 5.74) is 0. The maximum absolute atomic E-state index is 13.3. The Balaban J connectivity index is 3.50. The minimum absolute atomic E-state index is 1.01. The van der Waals surface area contributed by atoms with Gasteiger partial charge in [-0.2, -0.15) is 74.6 Å². The summed E-state index contributed by atoms with van der Waals surface area (Å²) in [6, 6.07) is 0. The van der Waals surface area contributed by atoms with Crippen molar-refractivity contribution in [2.45, 2.75) is 53.9 Å². The second-order valence-electron chi connectivity index (χ2n) is 5.74. The Morgan fingerprint density at radius 1 is 0.467 bits per heavy atom. The lowest BCUT2D eigenvalue weighted by Gasteiger charge is -2.43. The SMILES string of the molecule is FC(F)(F)C(F)(F)C(F)(F)C(F)(F)C(F)(F)C(F)(F)C(F)(F)C(F)(F)OC1COC1. The fraction of sp³-hybridized carbons (Fsp3) is 1.00. The van der Waals surface area contributed by atoms with Crippen LogP contribution in [0.4, 0.5) is 74.6 Å². The highest BCUT2D eigenvalue weighted by Gasteiger charge is 2.95. The summed E-state index contributed by atoms with van der Waals surface area (Å²) in [4.78, 5) is 0. The van der Waals surface area contributed by atoms with E-state index >= 15 is 0 Å². The van der Waals surface area contributed by atoms with E-state index in [4.69, 9.17) is 0 Å². The first-order valence-electron chi connectivity index (χ1n) is 6.80. The van der Waals surface area contributed by atoms with Crippen LogP contribution in [0.5, 0.6) is 0 Å². The van der Waals surface area contributed by atoms with Gasteiger partial charge >= 0.3 is 47.8 Å². The van der Waals surface area contributed by atoms with Crippen molar-refractivity contribution in [2.75, 3.05) is 13.2 Å². The summed E-state index contributed by atoms with van der Waals surface area (Å²) in [5, 5.41) is 0. The van der Waals surface area contributed by atoms with Crippen LogP contribution in [0, 0.1) is 0 Å². The van der Waals surface area contributed by atoms with Gasteiger partial charge in [0.2, 0.25) is 0 Å². The van der Waals surface area contributed by atoms with Gasteiger partial charge in [-0.3, -0.25) is 0 Å². The van der Waals surface area contributed by atoms with Gasteiger partial charge in [-0.1, -0.05) is 0 Å². The second-order valence-corrected chi connectivity index (χ2v) is 5.74. The van der Waals surface area contributed by atoms with E-state index in [1.54, 1.807) is 0 Å². The van der Waals surface area contributed by atoms with E-state index in [1.165, 1.54) is 0 Å². The average Bonchev–Trinajstić information content (AvgIpc) is 2.48. The van der Waals surface area contributed by atoms with Crippen LogP contribution < -0.4 is 0 Å². The number of rotatable bonds is 8. The maximum atomic E-state index is 13.3. The van der Waals surface area contributed by atoms with Crippen LogP contribution in [0.2, 0.25) is 0 Å². The third-order valence-electron chi connectivity index (χ3n) is 3.62. The van der Waals surface area contributed by atoms with Crippen LogP contribution in [-0.2, 0) is 9.47 Å². The topological polar surface area (TPSA) is 18.5 Å². The molecule has 2 nitrogen and oxygen atoms in total. The predicted octanol–water partition coefficient (Wildman–Crippen LogP) is 5.37. The Morgan fingerprint density at radius 3 is 1.03 bits per heavy atom. The molecule has 0 saturated carbocycles. The van der Waals surface area contributed by atoms with Gasteiger partial charge < -0.3 is 9.47 Å². The van der Waals surface area contributed by atoms with Gasteiger partial charge in [0.05, 0.1) is 13.2 Å². The molecule has 0 radical (unpaired) electrons. The van der Waals surface area contributed by atoms with Gasteiger partial charge in [0.1, 0.15) is 6.10 Å². The summed E-state index contributed by atoms with van der Waals surface area (Å²) >= 11 is 0. The predicted molar refractivity (Wildman–Crippen MR) is 56.4 cm³/mol. The molecule has 1 rings (SSSR count). The van der Waals surface area contributed by atoms with Crippen molar-refractivity contribution in [3.63, 3.8) is 0 Å². The molecule has 1 heterocycles. The number of hydrogen-bond donors (Lipinski definition) is 0. The van der Waals surface area contributed by atoms with Crippen molar-refractivity contribution in [3.8, 4) is 0 Å². The Morgan fingerprint density at radius 2 is 0.767 bits per heavy atom. The van der Waals surface area contributed by atoms with Crippen LogP contribution in [0.3, 0.4) is 0 Å². The van der Waals surface area contributed by atoms with Gasteiger partial charge in [0, 0.05) is 0 Å². The van der Waals surface area contributed by atoms with E-state index in [-0.39, 0.29) is 0 Å². The van der Waals surface area contributed by atoms with E-state index in [9.17, 15) is 74.6 Å². The largest absolute Gasteiger partial charge is 0.460 e. The molecule has 0 aromatic carbocycles. The molecule has 0 spiro atoms. The van der Waals surface area contributed by atoms with E-state index in [2.05, 4.69) is 9.47 Å². The Labute approximate surface area is 152 Å². The lowest BCUT2D eigenvalue weighted by molar-refractivity contribution is -0.482. The van der Waals surface area contributed by atoms with Gasteiger partial charge in [0.25, 0.3) is 0 Å². The quantitative estimate of drug-likeness (QED) is 0.425. The third kappa shape index (κ3) is 3.35. The average molecular weight is 492 g/mol. The number of halogens is 17. The zero-order chi connectivity index (χ0) is 24.4. The van der Waals surface area contributed by atoms with Crippen LogP contribution in [0.1, 0.15) is 0 Å². The molecule has 180 valence electrons. The Bertz CT molecular complexity index is 632. The first-order chi connectivity index (χ1) is 12.8. The second kappa shape index (κ2) is 6.86. The van der Waals surface area contributed by atoms with Gasteiger partial charge in [-0.05, 0) is 0 Å². The van der Waals surface area contributed by atoms with Crippen molar-refractivity contribution < 1.29 is 84.1 Å². The van der Waals surface area contributed by atoms with E-state index in [1.807, 2.05) is 0 Å². The maximum Gasteiger partial charge on any atom is 0.460 e. The summed E-state index contributed by atoms with van der Waals surface area (Å²) in [7, 11) is 0. The van der Waals surface area contributed by atoms with Crippen molar-refractivity contribution in [1.29, 1.82) is 0 Å². The molecule has 0 unspecified atom stereocenters. The highest BCUT2D eigenvalue weighted by Crippen LogP contribution is 2.64. The molecular formula is C11H5F17O2. The fourth-order valence-electron chi connectivity index (χ4n) is 1.71. The number of alkyl halides is 17.